The minimum absolute atomic E-state index is 0.0185. The summed E-state index contributed by atoms with van der Waals surface area (Å²) in [7, 11) is -16.4. The summed E-state index contributed by atoms with van der Waals surface area (Å²) in [5.74, 6) is -2.80. The van der Waals surface area contributed by atoms with Crippen molar-refractivity contribution in [1.82, 2.24) is 30.2 Å². The van der Waals surface area contributed by atoms with E-state index in [0.717, 1.165) is 29.0 Å². The Kier molecular flexibility index (Phi) is 15.8. The predicted octanol–water partition coefficient (Wildman–Crippen LogP) is -1.86. The number of carbonyl (C=O) groups excluding carboxylic acids is 3. The number of aliphatic hydroxyl groups is 2. The summed E-state index contributed by atoms with van der Waals surface area (Å²) >= 11 is 0.718. The van der Waals surface area contributed by atoms with Crippen molar-refractivity contribution in [3.05, 3.63) is 12.7 Å². The number of aliphatic carboxylic acids is 1. The van der Waals surface area contributed by atoms with Crippen LogP contribution in [0.4, 0.5) is 5.82 Å². The molecule has 0 radical (unpaired) electrons. The molecule has 3 unspecified atom stereocenters. The number of carbonyl (C=O) groups is 4. The van der Waals surface area contributed by atoms with Gasteiger partial charge in [0.25, 0.3) is 0 Å². The van der Waals surface area contributed by atoms with E-state index in [2.05, 4.69) is 34.4 Å². The summed E-state index contributed by atoms with van der Waals surface area (Å²) in [6.45, 7) is 0.132. The molecule has 1 aliphatic rings. The number of nitrogens with two attached hydrogens (primary N) is 1. The number of fused-ring (bicyclic) bond motifs is 1. The first kappa shape index (κ1) is 45.4. The van der Waals surface area contributed by atoms with Crippen LogP contribution in [0.2, 0.25) is 0 Å². The van der Waals surface area contributed by atoms with E-state index in [1.165, 1.54) is 13.8 Å². The Labute approximate surface area is 308 Å². The third-order valence-corrected chi connectivity index (χ3v) is 11.0. The van der Waals surface area contributed by atoms with Crippen LogP contribution in [0.15, 0.2) is 12.7 Å². The molecule has 3 heterocycles. The zero-order valence-electron chi connectivity index (χ0n) is 28.1. The topological polar surface area (TPSA) is 401 Å². The molecule has 54 heavy (non-hydrogen) atoms. The van der Waals surface area contributed by atoms with Crippen molar-refractivity contribution in [2.75, 3.05) is 37.8 Å². The molecule has 30 heteroatoms. The average Bonchev–Trinajstić information content (AvgIpc) is 3.60. The van der Waals surface area contributed by atoms with Crippen molar-refractivity contribution in [2.45, 2.75) is 57.3 Å². The Hall–Kier alpha value is -2.97. The van der Waals surface area contributed by atoms with E-state index >= 15 is 0 Å². The molecular formula is C24H38N7O19P3S. The lowest BCUT2D eigenvalue weighted by Crippen LogP contribution is -2.46. The number of nitrogens with zero attached hydrogens (tertiary/aromatic N) is 4. The maximum absolute atomic E-state index is 12.6. The number of carboxylic acids is 1. The van der Waals surface area contributed by atoms with Gasteiger partial charge < -0.3 is 56.0 Å². The van der Waals surface area contributed by atoms with Crippen LogP contribution < -0.4 is 16.4 Å². The fourth-order valence-corrected chi connectivity index (χ4v) is 7.96. The number of amides is 2. The second-order valence-corrected chi connectivity index (χ2v) is 17.2. The molecule has 0 saturated carbocycles. The largest absolute Gasteiger partial charge is 0.481 e. The molecule has 7 atom stereocenters. The van der Waals surface area contributed by atoms with Gasteiger partial charge in [-0.1, -0.05) is 25.6 Å². The predicted molar refractivity (Wildman–Crippen MR) is 179 cm³/mol. The lowest BCUT2D eigenvalue weighted by Gasteiger charge is -2.30. The second-order valence-electron chi connectivity index (χ2n) is 11.9. The molecule has 0 spiro atoms. The molecule has 0 bridgehead atoms. The van der Waals surface area contributed by atoms with Crippen LogP contribution in [0.5, 0.6) is 0 Å². The number of aliphatic hydroxyl groups excluding tert-OH is 2. The number of ether oxygens (including phenoxy) is 1. The van der Waals surface area contributed by atoms with E-state index < -0.39 is 102 Å². The molecule has 0 aliphatic carbocycles. The molecule has 26 nitrogen and oxygen atoms in total. The number of hydrogen-bond acceptors (Lipinski definition) is 19. The van der Waals surface area contributed by atoms with Crippen molar-refractivity contribution >= 4 is 75.1 Å². The fourth-order valence-electron chi connectivity index (χ4n) is 4.47. The Morgan fingerprint density at radius 3 is 2.37 bits per heavy atom. The lowest BCUT2D eigenvalue weighted by atomic mass is 9.87. The van der Waals surface area contributed by atoms with Gasteiger partial charge in [0.2, 0.25) is 11.8 Å². The van der Waals surface area contributed by atoms with Gasteiger partial charge in [0.15, 0.2) is 22.8 Å². The molecule has 2 aromatic heterocycles. The molecule has 1 saturated heterocycles. The standard InChI is InChI=1S/C24H38N7O19P3S/c1-24(2,19(37)22(38)27-4-3-13(32)26-5-6-54-15(35)7-14(33)34)9-47-53(44,45)50-52(42,43)46-8-12-18(49-51(39,40)41)17(36)23(48-12)31-11-30-16-20(25)28-10-29-21(16)31/h10-12,17-19,23,36-37H,3-9H2,1-2H3,(H,26,32)(H,27,38)(H,33,34)(H,42,43)(H,44,45)(H2,25,28,29)(H2,39,40,41)/t12-,17?,18+,19-,23-/m1/s1. The van der Waals surface area contributed by atoms with Crippen LogP contribution in [-0.2, 0) is 55.5 Å². The van der Waals surface area contributed by atoms with Crippen LogP contribution in [0.1, 0.15) is 32.9 Å². The molecule has 11 N–H and O–H groups in total. The van der Waals surface area contributed by atoms with Gasteiger partial charge in [-0.25, -0.2) is 28.6 Å². The number of phosphoric ester groups is 3. The summed E-state index contributed by atoms with van der Waals surface area (Å²) in [5, 5.41) is 34.0. The van der Waals surface area contributed by atoms with E-state index in [9.17, 15) is 62.7 Å². The molecule has 2 aromatic rings. The number of nitrogen functional groups attached to an aromatic ring is 1. The van der Waals surface area contributed by atoms with E-state index in [-0.39, 0.29) is 42.2 Å². The third-order valence-electron chi connectivity index (χ3n) is 7.06. The van der Waals surface area contributed by atoms with Gasteiger partial charge in [-0.2, -0.15) is 4.31 Å². The fraction of sp³-hybridized carbons (Fsp3) is 0.625. The number of hydrogen-bond donors (Lipinski definition) is 10. The maximum Gasteiger partial charge on any atom is 0.481 e. The summed E-state index contributed by atoms with van der Waals surface area (Å²) in [5.41, 5.74) is 4.19. The number of anilines is 1. The molecule has 0 aromatic carbocycles. The third kappa shape index (κ3) is 13.6. The summed E-state index contributed by atoms with van der Waals surface area (Å²) in [6.07, 6.45) is -7.78. The highest BCUT2D eigenvalue weighted by Gasteiger charge is 2.50. The monoisotopic (exact) mass is 853 g/mol. The summed E-state index contributed by atoms with van der Waals surface area (Å²) in [6, 6.07) is 0. The summed E-state index contributed by atoms with van der Waals surface area (Å²) < 4.78 is 61.8. The number of carboxylic acid groups (broad SMARTS) is 1. The van der Waals surface area contributed by atoms with Crippen molar-refractivity contribution in [1.29, 1.82) is 0 Å². The first-order valence-electron chi connectivity index (χ1n) is 15.2. The van der Waals surface area contributed by atoms with E-state index in [4.69, 9.17) is 24.6 Å². The zero-order chi connectivity index (χ0) is 40.6. The Morgan fingerprint density at radius 2 is 1.72 bits per heavy atom. The molecule has 3 rings (SSSR count). The van der Waals surface area contributed by atoms with E-state index in [0.29, 0.717) is 0 Å². The van der Waals surface area contributed by atoms with E-state index in [1.807, 2.05) is 0 Å². The van der Waals surface area contributed by atoms with E-state index in [1.54, 1.807) is 0 Å². The number of phosphoric acid groups is 3. The number of imidazole rings is 1. The van der Waals surface area contributed by atoms with Crippen LogP contribution in [0.3, 0.4) is 0 Å². The highest BCUT2D eigenvalue weighted by Crippen LogP contribution is 2.61. The number of rotatable bonds is 21. The van der Waals surface area contributed by atoms with Crippen LogP contribution in [0.25, 0.3) is 11.2 Å². The molecular weight excluding hydrogens is 815 g/mol. The van der Waals surface area contributed by atoms with Crippen molar-refractivity contribution < 1.29 is 90.4 Å². The van der Waals surface area contributed by atoms with Crippen LogP contribution >= 0.6 is 35.2 Å². The SMILES string of the molecule is CC(C)(COP(=O)(O)OP(=O)(O)OC[C@H]1O[C@@H](n2cnc3c(N)ncnc32)C(O)[C@H]1OP(=O)(O)O)[C@H](O)C(=O)NCCC(=O)NCCSC(=O)CC(=O)O. The smallest absolute Gasteiger partial charge is 0.481 e. The first-order valence-corrected chi connectivity index (χ1v) is 20.7. The first-order chi connectivity index (χ1) is 24.9. The van der Waals surface area contributed by atoms with Crippen molar-refractivity contribution in [3.63, 3.8) is 0 Å². The second kappa shape index (κ2) is 18.8. The quantitative estimate of drug-likeness (QED) is 0.0374. The molecule has 1 aliphatic heterocycles. The van der Waals surface area contributed by atoms with Crippen molar-refractivity contribution in [2.24, 2.45) is 5.41 Å². The number of nitrogens with one attached hydrogen (secondary N) is 2. The van der Waals surface area contributed by atoms with Gasteiger partial charge in [0.05, 0.1) is 19.5 Å². The Balaban J connectivity index is 1.51. The Bertz CT molecular complexity index is 1830. The molecule has 2 amide bonds. The van der Waals surface area contributed by atoms with Gasteiger partial charge in [0.1, 0.15) is 42.7 Å². The normalized spacial score (nSPS) is 21.9. The lowest BCUT2D eigenvalue weighted by molar-refractivity contribution is -0.139. The number of thioether (sulfide) groups is 1. The highest BCUT2D eigenvalue weighted by molar-refractivity contribution is 8.13. The van der Waals surface area contributed by atoms with Crippen LogP contribution in [-0.4, -0.2) is 134 Å². The summed E-state index contributed by atoms with van der Waals surface area (Å²) in [4.78, 5) is 97.0. The maximum atomic E-state index is 12.6. The minimum atomic E-state index is -5.59. The van der Waals surface area contributed by atoms with Gasteiger partial charge in [-0.3, -0.25) is 37.3 Å². The highest BCUT2D eigenvalue weighted by atomic mass is 32.2. The van der Waals surface area contributed by atoms with Gasteiger partial charge in [-0.15, -0.1) is 0 Å². The Morgan fingerprint density at radius 1 is 1.06 bits per heavy atom. The molecule has 1 fully saturated rings. The number of aromatic nitrogens is 4. The van der Waals surface area contributed by atoms with Gasteiger partial charge in [0, 0.05) is 30.7 Å². The van der Waals surface area contributed by atoms with Crippen LogP contribution in [0, 0.1) is 5.41 Å². The van der Waals surface area contributed by atoms with Gasteiger partial charge >= 0.3 is 29.4 Å². The average molecular weight is 854 g/mol. The van der Waals surface area contributed by atoms with Crippen molar-refractivity contribution in [3.8, 4) is 0 Å². The molecule has 304 valence electrons. The van der Waals surface area contributed by atoms with Gasteiger partial charge in [-0.05, 0) is 0 Å². The minimum Gasteiger partial charge on any atom is -0.481 e. The zero-order valence-corrected chi connectivity index (χ0v) is 31.6.